The van der Waals surface area contributed by atoms with Crippen LogP contribution in [0.15, 0.2) is 36.5 Å². The zero-order valence-corrected chi connectivity index (χ0v) is 26.2. The highest BCUT2D eigenvalue weighted by molar-refractivity contribution is 5.90. The van der Waals surface area contributed by atoms with Crippen molar-refractivity contribution in [2.45, 2.75) is 78.1 Å². The summed E-state index contributed by atoms with van der Waals surface area (Å²) in [5, 5.41) is 0. The van der Waals surface area contributed by atoms with E-state index in [1.165, 1.54) is 19.7 Å². The van der Waals surface area contributed by atoms with Crippen LogP contribution in [0, 0.1) is 16.2 Å². The molecular weight excluding hydrogens is 928 g/mol. The van der Waals surface area contributed by atoms with Gasteiger partial charge < -0.3 is 14.2 Å². The van der Waals surface area contributed by atoms with Gasteiger partial charge in [-0.3, -0.25) is 0 Å². The molecule has 0 aliphatic heterocycles. The molecule has 6 nitrogen and oxygen atoms in total. The van der Waals surface area contributed by atoms with Gasteiger partial charge in [0, 0.05) is 0 Å². The van der Waals surface area contributed by atoms with Crippen molar-refractivity contribution in [3.8, 4) is 0 Å². The van der Waals surface area contributed by atoms with E-state index in [2.05, 4.69) is 0 Å². The Labute approximate surface area is 301 Å². The molecule has 0 atom stereocenters. The molecule has 0 aromatic heterocycles. The van der Waals surface area contributed by atoms with Gasteiger partial charge in [-0.2, -0.15) is 65.9 Å². The van der Waals surface area contributed by atoms with E-state index in [1.54, 1.807) is 0 Å². The molecule has 0 aromatic rings. The van der Waals surface area contributed by atoms with Crippen LogP contribution in [0.25, 0.3) is 0 Å². The third-order valence-corrected chi connectivity index (χ3v) is 9.27. The quantitative estimate of drug-likeness (QED) is 0.0994. The molecule has 0 aromatic carbocycles. The highest BCUT2D eigenvalue weighted by atomic mass is 19.4. The Morgan fingerprint density at radius 1 is 0.322 bits per heavy atom. The maximum Gasteiger partial charge on any atom is 0.423 e. The van der Waals surface area contributed by atoms with Gasteiger partial charge in [-0.1, -0.05) is 19.7 Å². The number of ether oxygens (including phenoxy) is 3. The molecule has 0 radical (unpaired) electrons. The van der Waals surface area contributed by atoms with E-state index in [-0.39, 0.29) is 0 Å². The first-order valence-corrected chi connectivity index (χ1v) is 13.4. The van der Waals surface area contributed by atoms with Crippen molar-refractivity contribution in [2.24, 2.45) is 16.2 Å². The Bertz CT molecular complexity index is 1670. The SMILES string of the molecule is C=C(C(=O)OC(F)(F)C12C(F)(F)C3(F)C(F)(F)C(C(F)(F)OC(=O)C(=C)C(F)(F)F)(C1(F)F)C(F)(F)C(C(F)(F)OC(=O)C(=C)C(F)(F)F)(C3(F)F)C2(F)F)C(F)(F)F. The van der Waals surface area contributed by atoms with Crippen molar-refractivity contribution in [1.82, 2.24) is 0 Å². The highest BCUT2D eigenvalue weighted by Crippen LogP contribution is 2.98. The molecule has 0 heterocycles. The summed E-state index contributed by atoms with van der Waals surface area (Å²) in [6.45, 7) is 4.22. The number of hydrogen-bond donors (Lipinski definition) is 0. The zero-order chi connectivity index (χ0) is 47.6. The van der Waals surface area contributed by atoms with Gasteiger partial charge in [0.2, 0.25) is 0 Å². The summed E-state index contributed by atoms with van der Waals surface area (Å²) in [5.74, 6) is -72.8. The average molecular weight is 934 g/mol. The van der Waals surface area contributed by atoms with Gasteiger partial charge in [-0.15, -0.1) is 0 Å². The number of alkyl halides is 28. The fraction of sp³-hybridized carbons (Fsp3) is 0.640. The van der Waals surface area contributed by atoms with E-state index in [0.717, 1.165) is 0 Å². The molecule has 4 rings (SSSR count). The first-order chi connectivity index (χ1) is 25.4. The first-order valence-electron chi connectivity index (χ1n) is 13.4. The van der Waals surface area contributed by atoms with Gasteiger partial charge in [-0.25, -0.2) is 71.5 Å². The predicted molar refractivity (Wildman–Crippen MR) is 120 cm³/mol. The standard InChI is InChI=1S/C25H6F28O6/c1-4(10(26,27)28)7(54)57-23(48,49)13-17(36,37)14(24(50,51)58-8(55)5(2)11(29,30)31)19(40,41)15(18(13,38)39,25(52,53)59-9(56)6(3)12(32,33)34)22(46,47)16(35,20(13,42)43)21(14,44)45/h1-3H2. The summed E-state index contributed by atoms with van der Waals surface area (Å²) in [5.41, 5.74) is -50.9. The lowest BCUT2D eigenvalue weighted by Crippen LogP contribution is -3.09. The lowest BCUT2D eigenvalue weighted by molar-refractivity contribution is -0.686. The summed E-state index contributed by atoms with van der Waals surface area (Å²) in [4.78, 5) is 35.1. The van der Waals surface area contributed by atoms with Crippen LogP contribution in [0.5, 0.6) is 0 Å². The van der Waals surface area contributed by atoms with Crippen molar-refractivity contribution in [1.29, 1.82) is 0 Å². The van der Waals surface area contributed by atoms with Crippen molar-refractivity contribution in [2.75, 3.05) is 0 Å². The first kappa shape index (κ1) is 49.0. The number of esters is 3. The summed E-state index contributed by atoms with van der Waals surface area (Å²) < 4.78 is 427. The van der Waals surface area contributed by atoms with Crippen LogP contribution < -0.4 is 0 Å². The van der Waals surface area contributed by atoms with Crippen molar-refractivity contribution >= 4 is 17.9 Å². The van der Waals surface area contributed by atoms with Crippen LogP contribution in [0.4, 0.5) is 123 Å². The number of rotatable bonds is 9. The zero-order valence-electron chi connectivity index (χ0n) is 26.2. The van der Waals surface area contributed by atoms with Gasteiger partial charge in [0.15, 0.2) is 0 Å². The lowest BCUT2D eigenvalue weighted by Gasteiger charge is -2.79. The largest absolute Gasteiger partial charge is 0.423 e. The van der Waals surface area contributed by atoms with Gasteiger partial charge in [0.05, 0.1) is 0 Å². The number of carbonyl (C=O) groups excluding carboxylic acids is 3. The topological polar surface area (TPSA) is 78.9 Å². The molecule has 4 aliphatic rings. The van der Waals surface area contributed by atoms with Crippen LogP contribution in [0.2, 0.25) is 0 Å². The molecule has 4 aliphatic carbocycles. The van der Waals surface area contributed by atoms with Crippen LogP contribution in [0.1, 0.15) is 0 Å². The Morgan fingerprint density at radius 3 is 0.610 bits per heavy atom. The highest BCUT2D eigenvalue weighted by Gasteiger charge is 3.28. The summed E-state index contributed by atoms with van der Waals surface area (Å²) >= 11 is 0. The molecule has 34 heteroatoms. The van der Waals surface area contributed by atoms with E-state index in [1.807, 2.05) is 14.2 Å². The van der Waals surface area contributed by atoms with Crippen LogP contribution in [0.3, 0.4) is 0 Å². The van der Waals surface area contributed by atoms with Gasteiger partial charge in [0.1, 0.15) is 16.7 Å². The minimum Gasteiger partial charge on any atom is -0.396 e. The molecule has 0 amide bonds. The second-order valence-electron chi connectivity index (χ2n) is 12.0. The average Bonchev–Trinajstić information content (AvgIpc) is 2.93. The fourth-order valence-electron chi connectivity index (χ4n) is 6.74. The summed E-state index contributed by atoms with van der Waals surface area (Å²) in [6, 6.07) is 0. The van der Waals surface area contributed by atoms with Crippen LogP contribution in [-0.4, -0.2) is 96.0 Å². The van der Waals surface area contributed by atoms with Crippen molar-refractivity contribution in [3.05, 3.63) is 36.5 Å². The summed E-state index contributed by atoms with van der Waals surface area (Å²) in [7, 11) is 0. The molecule has 4 bridgehead atoms. The summed E-state index contributed by atoms with van der Waals surface area (Å²) in [6.07, 6.45) is -48.0. The number of hydrogen-bond acceptors (Lipinski definition) is 6. The van der Waals surface area contributed by atoms with E-state index < -0.39 is 129 Å². The Morgan fingerprint density at radius 2 is 0.475 bits per heavy atom. The predicted octanol–water partition coefficient (Wildman–Crippen LogP) is 9.27. The van der Waals surface area contributed by atoms with E-state index in [9.17, 15) is 53.9 Å². The maximum atomic E-state index is 16.4. The molecule has 0 spiro atoms. The molecule has 59 heavy (non-hydrogen) atoms. The molecule has 4 fully saturated rings. The van der Waals surface area contributed by atoms with E-state index >= 15 is 83.4 Å². The Hall–Kier alpha value is -4.33. The van der Waals surface area contributed by atoms with Gasteiger partial charge >= 0.3 is 96.0 Å². The third-order valence-electron chi connectivity index (χ3n) is 9.27. The number of carbonyl (C=O) groups is 3. The molecule has 0 saturated heterocycles. The van der Waals surface area contributed by atoms with Crippen molar-refractivity contribution < 1.29 is 152 Å². The maximum absolute atomic E-state index is 16.4. The Balaban J connectivity index is 2.91. The smallest absolute Gasteiger partial charge is 0.396 e. The van der Waals surface area contributed by atoms with Crippen LogP contribution >= 0.6 is 0 Å². The van der Waals surface area contributed by atoms with Crippen molar-refractivity contribution in [3.63, 3.8) is 0 Å². The minimum absolute atomic E-state index is 1.41. The van der Waals surface area contributed by atoms with E-state index in [4.69, 9.17) is 0 Å². The lowest BCUT2D eigenvalue weighted by atomic mass is 9.28. The second-order valence-corrected chi connectivity index (χ2v) is 12.0. The Kier molecular flexibility index (Phi) is 9.75. The monoisotopic (exact) mass is 934 g/mol. The molecule has 338 valence electrons. The minimum atomic E-state index is -9.96. The fourth-order valence-corrected chi connectivity index (χ4v) is 6.74. The molecule has 0 N–H and O–H groups in total. The second kappa shape index (κ2) is 11.7. The van der Waals surface area contributed by atoms with Crippen LogP contribution in [-0.2, 0) is 28.6 Å². The third kappa shape index (κ3) is 4.64. The van der Waals surface area contributed by atoms with Gasteiger partial charge in [0.25, 0.3) is 16.2 Å². The van der Waals surface area contributed by atoms with Gasteiger partial charge in [-0.05, 0) is 0 Å². The number of halogens is 28. The van der Waals surface area contributed by atoms with E-state index in [0.29, 0.717) is 0 Å². The molecule has 4 saturated carbocycles. The molecular formula is C25H6F28O6. The normalized spacial score (nSPS) is 31.5. The molecule has 0 unspecified atom stereocenters.